The van der Waals surface area contributed by atoms with Gasteiger partial charge in [0.1, 0.15) is 0 Å². The third-order valence-corrected chi connectivity index (χ3v) is 4.25. The number of aromatic nitrogens is 2. The van der Waals surface area contributed by atoms with Gasteiger partial charge in [-0.05, 0) is 17.7 Å². The summed E-state index contributed by atoms with van der Waals surface area (Å²) in [4.78, 5) is 22.3. The van der Waals surface area contributed by atoms with E-state index in [9.17, 15) is 4.79 Å². The van der Waals surface area contributed by atoms with Crippen molar-refractivity contribution in [1.82, 2.24) is 15.4 Å². The fourth-order valence-electron chi connectivity index (χ4n) is 2.04. The van der Waals surface area contributed by atoms with Gasteiger partial charge in [-0.1, -0.05) is 0 Å². The minimum absolute atomic E-state index is 0.132. The number of nitrogens with one attached hydrogen (secondary N) is 1. The molecule has 1 fully saturated rings. The number of anilines is 1. The lowest BCUT2D eigenvalue weighted by Gasteiger charge is -2.28. The minimum atomic E-state index is -0.572. The van der Waals surface area contributed by atoms with Crippen molar-refractivity contribution in [3.8, 4) is 0 Å². The van der Waals surface area contributed by atoms with Crippen LogP contribution in [0.2, 0.25) is 5.28 Å². The quantitative estimate of drug-likeness (QED) is 0.493. The van der Waals surface area contributed by atoms with E-state index in [1.165, 1.54) is 11.3 Å². The molecule has 2 N–H and O–H groups in total. The number of rotatable bonds is 2. The van der Waals surface area contributed by atoms with E-state index in [-0.39, 0.29) is 5.28 Å². The lowest BCUT2D eigenvalue weighted by molar-refractivity contribution is 0.0711. The van der Waals surface area contributed by atoms with Gasteiger partial charge < -0.3 is 9.64 Å². The average molecular weight is 315 g/mol. The fraction of sp³-hybridized carbons (Fsp3) is 0.364. The summed E-state index contributed by atoms with van der Waals surface area (Å²) in [6.45, 7) is 2.67. The number of nitrogens with zero attached hydrogens (tertiary/aromatic N) is 3. The highest BCUT2D eigenvalue weighted by Gasteiger charge is 2.20. The number of thiophene rings is 1. The van der Waals surface area contributed by atoms with Crippen molar-refractivity contribution in [3.05, 3.63) is 16.2 Å². The van der Waals surface area contributed by atoms with Crippen LogP contribution in [-0.2, 0) is 4.74 Å². The van der Waals surface area contributed by atoms with Gasteiger partial charge >= 0.3 is 0 Å². The normalized spacial score (nSPS) is 15.6. The molecule has 0 saturated carbocycles. The minimum Gasteiger partial charge on any atom is -0.378 e. The molecule has 106 valence electrons. The van der Waals surface area contributed by atoms with E-state index < -0.39 is 5.91 Å². The Kier molecular flexibility index (Phi) is 3.70. The molecule has 9 heteroatoms. The number of hydroxylamine groups is 1. The van der Waals surface area contributed by atoms with E-state index >= 15 is 0 Å². The standard InChI is InChI=1S/C11H11ClN4O3S/c12-11-13-6-5-7(10(17)15-18)20-8(6)9(14-11)16-1-3-19-4-2-16/h5,18H,1-4H2,(H,15,17). The zero-order valence-corrected chi connectivity index (χ0v) is 11.9. The summed E-state index contributed by atoms with van der Waals surface area (Å²) in [7, 11) is 0. The lowest BCUT2D eigenvalue weighted by Crippen LogP contribution is -2.36. The predicted molar refractivity (Wildman–Crippen MR) is 74.7 cm³/mol. The molecule has 1 amide bonds. The molecule has 0 bridgehead atoms. The summed E-state index contributed by atoms with van der Waals surface area (Å²) < 4.78 is 6.09. The number of fused-ring (bicyclic) bond motifs is 1. The maximum atomic E-state index is 11.5. The number of amides is 1. The Labute approximate surface area is 123 Å². The Morgan fingerprint density at radius 1 is 1.45 bits per heavy atom. The van der Waals surface area contributed by atoms with Crippen LogP contribution in [0.3, 0.4) is 0 Å². The number of carbonyl (C=O) groups excluding carboxylic acids is 1. The molecule has 1 aliphatic heterocycles. The van der Waals surface area contributed by atoms with Crippen LogP contribution in [0.4, 0.5) is 5.82 Å². The molecule has 1 saturated heterocycles. The van der Waals surface area contributed by atoms with Crippen molar-refractivity contribution in [2.24, 2.45) is 0 Å². The first-order valence-corrected chi connectivity index (χ1v) is 7.12. The number of hydrogen-bond donors (Lipinski definition) is 2. The highest BCUT2D eigenvalue weighted by Crippen LogP contribution is 2.33. The van der Waals surface area contributed by atoms with Crippen LogP contribution in [0.15, 0.2) is 6.07 Å². The number of carbonyl (C=O) groups is 1. The second-order valence-corrected chi connectivity index (χ2v) is 5.57. The number of hydrogen-bond acceptors (Lipinski definition) is 7. The summed E-state index contributed by atoms with van der Waals surface area (Å²) in [5, 5.41) is 8.84. The summed E-state index contributed by atoms with van der Waals surface area (Å²) in [5.41, 5.74) is 2.21. The molecule has 1 aliphatic rings. The second kappa shape index (κ2) is 5.49. The van der Waals surface area contributed by atoms with E-state index in [0.29, 0.717) is 42.5 Å². The summed E-state index contributed by atoms with van der Waals surface area (Å²) in [5.74, 6) is 0.127. The van der Waals surface area contributed by atoms with Crippen LogP contribution in [-0.4, -0.2) is 47.4 Å². The Hall–Kier alpha value is -1.48. The number of morpholine rings is 1. The van der Waals surface area contributed by atoms with Gasteiger partial charge in [-0.2, -0.15) is 4.98 Å². The molecule has 0 unspecified atom stereocenters. The summed E-state index contributed by atoms with van der Waals surface area (Å²) >= 11 is 7.16. The van der Waals surface area contributed by atoms with Crippen LogP contribution in [0.5, 0.6) is 0 Å². The van der Waals surface area contributed by atoms with Gasteiger partial charge in [-0.25, -0.2) is 10.5 Å². The Balaban J connectivity index is 2.10. The third-order valence-electron chi connectivity index (χ3n) is 2.96. The molecule has 0 aliphatic carbocycles. The lowest BCUT2D eigenvalue weighted by atomic mass is 10.3. The van der Waals surface area contributed by atoms with Crippen molar-refractivity contribution >= 4 is 44.9 Å². The monoisotopic (exact) mass is 314 g/mol. The number of halogens is 1. The van der Waals surface area contributed by atoms with Gasteiger partial charge in [0.2, 0.25) is 5.28 Å². The molecule has 3 heterocycles. The second-order valence-electron chi connectivity index (χ2n) is 4.18. The molecule has 0 aromatic carbocycles. The third kappa shape index (κ3) is 2.42. The van der Waals surface area contributed by atoms with Gasteiger partial charge in [0.15, 0.2) is 5.82 Å². The van der Waals surface area contributed by atoms with Crippen LogP contribution >= 0.6 is 22.9 Å². The highest BCUT2D eigenvalue weighted by molar-refractivity contribution is 7.21. The molecule has 0 spiro atoms. The van der Waals surface area contributed by atoms with Crippen LogP contribution < -0.4 is 10.4 Å². The Morgan fingerprint density at radius 3 is 2.90 bits per heavy atom. The molecule has 7 nitrogen and oxygen atoms in total. The van der Waals surface area contributed by atoms with Crippen molar-refractivity contribution < 1.29 is 14.7 Å². The predicted octanol–water partition coefficient (Wildman–Crippen LogP) is 1.30. The van der Waals surface area contributed by atoms with Gasteiger partial charge in [0.25, 0.3) is 5.91 Å². The smallest absolute Gasteiger partial charge is 0.284 e. The van der Waals surface area contributed by atoms with Gasteiger partial charge in [-0.15, -0.1) is 11.3 Å². The molecule has 2 aromatic heterocycles. The van der Waals surface area contributed by atoms with Gasteiger partial charge in [-0.3, -0.25) is 10.0 Å². The summed E-state index contributed by atoms with van der Waals surface area (Å²) in [6, 6.07) is 1.59. The SMILES string of the molecule is O=C(NO)c1cc2nc(Cl)nc(N3CCOCC3)c2s1. The van der Waals surface area contributed by atoms with Crippen LogP contribution in [0.1, 0.15) is 9.67 Å². The maximum absolute atomic E-state index is 11.5. The Morgan fingerprint density at radius 2 is 2.20 bits per heavy atom. The van der Waals surface area contributed by atoms with Gasteiger partial charge in [0.05, 0.1) is 28.3 Å². The van der Waals surface area contributed by atoms with Crippen LogP contribution in [0, 0.1) is 0 Å². The zero-order chi connectivity index (χ0) is 14.1. The maximum Gasteiger partial charge on any atom is 0.284 e. The largest absolute Gasteiger partial charge is 0.378 e. The van der Waals surface area contributed by atoms with E-state index in [0.717, 1.165) is 4.70 Å². The molecular formula is C11H11ClN4O3S. The molecule has 0 atom stereocenters. The van der Waals surface area contributed by atoms with Crippen molar-refractivity contribution in [1.29, 1.82) is 0 Å². The first kappa shape index (κ1) is 13.5. The van der Waals surface area contributed by atoms with E-state index in [1.807, 2.05) is 0 Å². The van der Waals surface area contributed by atoms with Crippen LogP contribution in [0.25, 0.3) is 10.2 Å². The summed E-state index contributed by atoms with van der Waals surface area (Å²) in [6.07, 6.45) is 0. The number of ether oxygens (including phenoxy) is 1. The van der Waals surface area contributed by atoms with Crippen molar-refractivity contribution in [2.75, 3.05) is 31.2 Å². The first-order chi connectivity index (χ1) is 9.69. The molecule has 20 heavy (non-hydrogen) atoms. The molecular weight excluding hydrogens is 304 g/mol. The molecule has 2 aromatic rings. The Bertz CT molecular complexity index is 656. The molecule has 3 rings (SSSR count). The first-order valence-electron chi connectivity index (χ1n) is 5.93. The topological polar surface area (TPSA) is 87.6 Å². The van der Waals surface area contributed by atoms with E-state index in [2.05, 4.69) is 14.9 Å². The molecule has 0 radical (unpaired) electrons. The van der Waals surface area contributed by atoms with Gasteiger partial charge in [0, 0.05) is 13.1 Å². The van der Waals surface area contributed by atoms with E-state index in [1.54, 1.807) is 11.5 Å². The van der Waals surface area contributed by atoms with Crippen molar-refractivity contribution in [2.45, 2.75) is 0 Å². The zero-order valence-electron chi connectivity index (χ0n) is 10.3. The fourth-order valence-corrected chi connectivity index (χ4v) is 3.22. The van der Waals surface area contributed by atoms with E-state index in [4.69, 9.17) is 21.5 Å². The highest BCUT2D eigenvalue weighted by atomic mass is 35.5. The average Bonchev–Trinajstić information content (AvgIpc) is 2.90. The van der Waals surface area contributed by atoms with Crippen molar-refractivity contribution in [3.63, 3.8) is 0 Å².